The Hall–Kier alpha value is -3.24. The fourth-order valence-electron chi connectivity index (χ4n) is 2.78. The van der Waals surface area contributed by atoms with Gasteiger partial charge in [0.1, 0.15) is 0 Å². The van der Waals surface area contributed by atoms with E-state index in [4.69, 9.17) is 14.2 Å². The number of nitrogens with zero attached hydrogens (tertiary/aromatic N) is 1. The summed E-state index contributed by atoms with van der Waals surface area (Å²) in [7, 11) is 1.42. The molecule has 2 heterocycles. The van der Waals surface area contributed by atoms with Crippen molar-refractivity contribution >= 4 is 17.6 Å². The number of carbonyl (C=O) groups excluding carboxylic acids is 2. The van der Waals surface area contributed by atoms with Crippen molar-refractivity contribution in [2.24, 2.45) is 7.05 Å². The number of benzene rings is 1. The second-order valence-corrected chi connectivity index (χ2v) is 6.04. The molecular formula is C18H16F4N2O5. The monoisotopic (exact) mass is 416 g/mol. The molecule has 3 rings (SSSR count). The molecule has 11 heteroatoms. The summed E-state index contributed by atoms with van der Waals surface area (Å²) >= 11 is 0. The van der Waals surface area contributed by atoms with Crippen molar-refractivity contribution in [2.45, 2.75) is 19.3 Å². The van der Waals surface area contributed by atoms with E-state index in [1.54, 1.807) is 17.4 Å². The molecule has 0 saturated carbocycles. The number of halogens is 4. The predicted octanol–water partition coefficient (Wildman–Crippen LogP) is 3.44. The number of aryl methyl sites for hydroxylation is 1. The maximum atomic E-state index is 13.5. The molecule has 0 radical (unpaired) electrons. The second kappa shape index (κ2) is 7.64. The SMILES string of the molecule is CCOC(=O)c1c(NC(=O)C(F)(F)C(F)F)c(-c2ccc3c(c2)OCO3)cn1C. The summed E-state index contributed by atoms with van der Waals surface area (Å²) in [4.78, 5) is 24.1. The van der Waals surface area contributed by atoms with Gasteiger partial charge in [-0.05, 0) is 24.6 Å². The molecular weight excluding hydrogens is 400 g/mol. The van der Waals surface area contributed by atoms with Gasteiger partial charge in [-0.15, -0.1) is 0 Å². The highest BCUT2D eigenvalue weighted by Gasteiger charge is 2.49. The number of hydrogen-bond acceptors (Lipinski definition) is 5. The number of nitrogens with one attached hydrogen (secondary N) is 1. The molecule has 0 bridgehead atoms. The Kier molecular flexibility index (Phi) is 5.40. The minimum atomic E-state index is -4.95. The van der Waals surface area contributed by atoms with Crippen LogP contribution in [0.25, 0.3) is 11.1 Å². The van der Waals surface area contributed by atoms with Gasteiger partial charge in [-0.1, -0.05) is 6.07 Å². The topological polar surface area (TPSA) is 78.8 Å². The second-order valence-electron chi connectivity index (χ2n) is 6.04. The zero-order valence-electron chi connectivity index (χ0n) is 15.3. The Morgan fingerprint density at radius 1 is 1.28 bits per heavy atom. The van der Waals surface area contributed by atoms with Gasteiger partial charge >= 0.3 is 24.2 Å². The van der Waals surface area contributed by atoms with E-state index in [-0.39, 0.29) is 30.3 Å². The minimum Gasteiger partial charge on any atom is -0.461 e. The molecule has 2 aromatic rings. The Bertz CT molecular complexity index is 958. The summed E-state index contributed by atoms with van der Waals surface area (Å²) in [6.45, 7) is 1.50. The number of hydrogen-bond donors (Lipinski definition) is 1. The van der Waals surface area contributed by atoms with Crippen LogP contribution in [-0.2, 0) is 16.6 Å². The highest BCUT2D eigenvalue weighted by molar-refractivity contribution is 6.07. The molecule has 29 heavy (non-hydrogen) atoms. The molecule has 0 aliphatic carbocycles. The number of alkyl halides is 4. The van der Waals surface area contributed by atoms with Crippen LogP contribution >= 0.6 is 0 Å². The Morgan fingerprint density at radius 2 is 1.97 bits per heavy atom. The average molecular weight is 416 g/mol. The van der Waals surface area contributed by atoms with Crippen LogP contribution in [0.4, 0.5) is 23.2 Å². The van der Waals surface area contributed by atoms with E-state index in [2.05, 4.69) is 0 Å². The van der Waals surface area contributed by atoms with Crippen LogP contribution in [-0.4, -0.2) is 42.2 Å². The van der Waals surface area contributed by atoms with E-state index in [0.717, 1.165) is 0 Å². The largest absolute Gasteiger partial charge is 0.461 e. The fourth-order valence-corrected chi connectivity index (χ4v) is 2.78. The normalized spacial score (nSPS) is 12.9. The molecule has 0 fully saturated rings. The van der Waals surface area contributed by atoms with Gasteiger partial charge in [-0.2, -0.15) is 8.78 Å². The van der Waals surface area contributed by atoms with Gasteiger partial charge < -0.3 is 24.1 Å². The van der Waals surface area contributed by atoms with E-state index in [9.17, 15) is 27.2 Å². The number of ether oxygens (including phenoxy) is 3. The van der Waals surface area contributed by atoms with Crippen molar-refractivity contribution in [3.05, 3.63) is 30.1 Å². The first kappa shape index (κ1) is 20.5. The van der Waals surface area contributed by atoms with Crippen LogP contribution in [0.1, 0.15) is 17.4 Å². The lowest BCUT2D eigenvalue weighted by molar-refractivity contribution is -0.163. The van der Waals surface area contributed by atoms with Crippen molar-refractivity contribution < 1.29 is 41.4 Å². The quantitative estimate of drug-likeness (QED) is 0.577. The van der Waals surface area contributed by atoms with Crippen LogP contribution in [0.2, 0.25) is 0 Å². The smallest absolute Gasteiger partial charge is 0.383 e. The third-order valence-electron chi connectivity index (χ3n) is 4.15. The molecule has 1 aliphatic rings. The highest BCUT2D eigenvalue weighted by atomic mass is 19.3. The van der Waals surface area contributed by atoms with Crippen molar-refractivity contribution in [1.29, 1.82) is 0 Å². The van der Waals surface area contributed by atoms with E-state index < -0.39 is 24.2 Å². The first-order valence-corrected chi connectivity index (χ1v) is 8.40. The molecule has 0 saturated heterocycles. The van der Waals surface area contributed by atoms with Crippen molar-refractivity contribution in [2.75, 3.05) is 18.7 Å². The van der Waals surface area contributed by atoms with E-state index in [0.29, 0.717) is 17.1 Å². The van der Waals surface area contributed by atoms with E-state index >= 15 is 0 Å². The van der Waals surface area contributed by atoms with Gasteiger partial charge in [0, 0.05) is 18.8 Å². The van der Waals surface area contributed by atoms with Crippen molar-refractivity contribution in [3.8, 4) is 22.6 Å². The van der Waals surface area contributed by atoms with Crippen LogP contribution in [0.5, 0.6) is 11.5 Å². The number of aromatic nitrogens is 1. The Morgan fingerprint density at radius 3 is 2.62 bits per heavy atom. The first-order valence-electron chi connectivity index (χ1n) is 8.40. The molecule has 1 amide bonds. The molecule has 7 nitrogen and oxygen atoms in total. The molecule has 1 aromatic carbocycles. The molecule has 1 aromatic heterocycles. The van der Waals surface area contributed by atoms with Gasteiger partial charge in [0.2, 0.25) is 6.79 Å². The fraction of sp³-hybridized carbons (Fsp3) is 0.333. The number of amides is 1. The van der Waals surface area contributed by atoms with Gasteiger partial charge in [0.25, 0.3) is 0 Å². The summed E-state index contributed by atoms with van der Waals surface area (Å²) in [5, 5.41) is 1.76. The summed E-state index contributed by atoms with van der Waals surface area (Å²) in [6.07, 6.45) is -2.84. The standard InChI is InChI=1S/C18H16F4N2O5/c1-3-27-15(25)14-13(23-17(26)18(21,22)16(19)20)10(7-24(14)2)9-4-5-11-12(6-9)29-8-28-11/h4-7,16H,3,8H2,1-2H3,(H,23,26). The zero-order chi connectivity index (χ0) is 21.3. The summed E-state index contributed by atoms with van der Waals surface area (Å²) in [6, 6.07) is 4.60. The third-order valence-corrected chi connectivity index (χ3v) is 4.15. The summed E-state index contributed by atoms with van der Waals surface area (Å²) in [5.74, 6) is -7.30. The van der Waals surface area contributed by atoms with Gasteiger partial charge in [0.05, 0.1) is 12.3 Å². The lowest BCUT2D eigenvalue weighted by Crippen LogP contribution is -2.41. The molecule has 0 atom stereocenters. The summed E-state index contributed by atoms with van der Waals surface area (Å²) in [5.41, 5.74) is -0.156. The van der Waals surface area contributed by atoms with Crippen molar-refractivity contribution in [3.63, 3.8) is 0 Å². The van der Waals surface area contributed by atoms with E-state index in [1.807, 2.05) is 0 Å². The third kappa shape index (κ3) is 3.71. The van der Waals surface area contributed by atoms with Crippen LogP contribution in [0.15, 0.2) is 24.4 Å². The maximum absolute atomic E-state index is 13.5. The summed E-state index contributed by atoms with van der Waals surface area (Å²) < 4.78 is 68.8. The van der Waals surface area contributed by atoms with Crippen LogP contribution in [0, 0.1) is 0 Å². The van der Waals surface area contributed by atoms with Gasteiger partial charge in [-0.25, -0.2) is 13.6 Å². The lowest BCUT2D eigenvalue weighted by Gasteiger charge is -2.16. The van der Waals surface area contributed by atoms with Gasteiger partial charge in [-0.3, -0.25) is 4.79 Å². The van der Waals surface area contributed by atoms with Gasteiger partial charge in [0.15, 0.2) is 17.2 Å². The molecule has 156 valence electrons. The van der Waals surface area contributed by atoms with Crippen molar-refractivity contribution in [1.82, 2.24) is 4.57 Å². The zero-order valence-corrected chi connectivity index (χ0v) is 15.3. The minimum absolute atomic E-state index is 0.00808. The van der Waals surface area contributed by atoms with Crippen LogP contribution < -0.4 is 14.8 Å². The number of esters is 1. The highest BCUT2D eigenvalue weighted by Crippen LogP contribution is 2.40. The lowest BCUT2D eigenvalue weighted by atomic mass is 10.1. The Balaban J connectivity index is 2.10. The maximum Gasteiger partial charge on any atom is 0.383 e. The molecule has 1 aliphatic heterocycles. The van der Waals surface area contributed by atoms with E-state index in [1.165, 1.54) is 30.8 Å². The molecule has 1 N–H and O–H groups in total. The number of fused-ring (bicyclic) bond motifs is 1. The average Bonchev–Trinajstić information content (AvgIpc) is 3.25. The van der Waals surface area contributed by atoms with Crippen LogP contribution in [0.3, 0.4) is 0 Å². The number of anilines is 1. The molecule has 0 unspecified atom stereocenters. The number of rotatable bonds is 6. The predicted molar refractivity (Wildman–Crippen MR) is 92.5 cm³/mol. The molecule has 0 spiro atoms. The number of carbonyl (C=O) groups is 2. The Labute approximate surface area is 162 Å². The first-order chi connectivity index (χ1) is 13.7.